The van der Waals surface area contributed by atoms with Gasteiger partial charge >= 0.3 is 0 Å². The summed E-state index contributed by atoms with van der Waals surface area (Å²) in [7, 11) is 0. The summed E-state index contributed by atoms with van der Waals surface area (Å²) in [4.78, 5) is 96.9. The molecule has 3 aromatic heterocycles. The van der Waals surface area contributed by atoms with Gasteiger partial charge in [-0.05, 0) is 68.5 Å². The predicted molar refractivity (Wildman–Crippen MR) is 210 cm³/mol. The topological polar surface area (TPSA) is 180 Å². The summed E-state index contributed by atoms with van der Waals surface area (Å²) >= 11 is 1.54. The van der Waals surface area contributed by atoms with Crippen LogP contribution in [0.25, 0.3) is 11.0 Å². The zero-order valence-corrected chi connectivity index (χ0v) is 32.2. The van der Waals surface area contributed by atoms with Gasteiger partial charge in [0, 0.05) is 79.4 Å². The first kappa shape index (κ1) is 37.3. The summed E-state index contributed by atoms with van der Waals surface area (Å²) in [5.41, 5.74) is 3.37. The van der Waals surface area contributed by atoms with Crippen LogP contribution in [0.4, 0.5) is 17.5 Å². The number of piperidine rings is 1. The van der Waals surface area contributed by atoms with Crippen LogP contribution in [0.15, 0.2) is 52.4 Å². The second-order valence-corrected chi connectivity index (χ2v) is 15.9. The number of thioether (sulfide) groups is 1. The Labute approximate surface area is 327 Å². The number of amides is 4. The lowest BCUT2D eigenvalue weighted by molar-refractivity contribution is -0.137. The summed E-state index contributed by atoms with van der Waals surface area (Å²) in [5.74, 6) is 0.262. The summed E-state index contributed by atoms with van der Waals surface area (Å²) in [6.45, 7) is 5.98. The average Bonchev–Trinajstić information content (AvgIpc) is 3.84. The number of nitrogens with zero attached hydrogens (tertiary/aromatic N) is 7. The molecule has 0 spiro atoms. The van der Waals surface area contributed by atoms with Gasteiger partial charge < -0.3 is 20.0 Å². The molecule has 1 atom stereocenters. The number of fused-ring (bicyclic) bond motifs is 2. The van der Waals surface area contributed by atoms with Gasteiger partial charge in [-0.15, -0.1) is 11.8 Å². The second kappa shape index (κ2) is 15.5. The van der Waals surface area contributed by atoms with Crippen LogP contribution in [0.2, 0.25) is 0 Å². The summed E-state index contributed by atoms with van der Waals surface area (Å²) < 4.78 is 1.69. The van der Waals surface area contributed by atoms with Crippen LogP contribution in [-0.2, 0) is 20.9 Å². The number of nitrogens with one attached hydrogen (secondary N) is 2. The summed E-state index contributed by atoms with van der Waals surface area (Å²) in [6.07, 6.45) is 8.09. The normalized spacial score (nSPS) is 18.8. The van der Waals surface area contributed by atoms with Crippen LogP contribution in [0.3, 0.4) is 0 Å². The van der Waals surface area contributed by atoms with Crippen LogP contribution in [0, 0.1) is 6.92 Å². The number of ketones is 1. The fourth-order valence-corrected chi connectivity index (χ4v) is 9.40. The zero-order valence-electron chi connectivity index (χ0n) is 31.4. The fourth-order valence-electron chi connectivity index (χ4n) is 8.38. The Morgan fingerprint density at radius 2 is 1.75 bits per heavy atom. The van der Waals surface area contributed by atoms with E-state index in [4.69, 9.17) is 4.98 Å². The first-order valence-corrected chi connectivity index (χ1v) is 20.1. The van der Waals surface area contributed by atoms with E-state index in [0.29, 0.717) is 85.2 Å². The van der Waals surface area contributed by atoms with Gasteiger partial charge in [-0.1, -0.05) is 18.9 Å². The van der Waals surface area contributed by atoms with E-state index in [1.54, 1.807) is 34.9 Å². The smallest absolute Gasteiger partial charge is 0.263 e. The van der Waals surface area contributed by atoms with Gasteiger partial charge in [0.25, 0.3) is 11.5 Å². The van der Waals surface area contributed by atoms with E-state index in [-0.39, 0.29) is 47.1 Å². The molecule has 56 heavy (non-hydrogen) atoms. The van der Waals surface area contributed by atoms with Crippen molar-refractivity contribution in [2.24, 2.45) is 0 Å². The van der Waals surface area contributed by atoms with Crippen molar-refractivity contribution in [3.63, 3.8) is 0 Å². The van der Waals surface area contributed by atoms with Gasteiger partial charge in [0.05, 0.1) is 17.4 Å². The highest BCUT2D eigenvalue weighted by Crippen LogP contribution is 2.35. The maximum atomic E-state index is 13.6. The largest absolute Gasteiger partial charge is 0.367 e. The lowest BCUT2D eigenvalue weighted by Crippen LogP contribution is -2.52. The first-order chi connectivity index (χ1) is 27.1. The molecule has 4 aliphatic rings. The number of carbonyl (C=O) groups is 5. The third-order valence-electron chi connectivity index (χ3n) is 11.3. The van der Waals surface area contributed by atoms with E-state index < -0.39 is 11.9 Å². The summed E-state index contributed by atoms with van der Waals surface area (Å²) in [6, 6.07) is 8.67. The highest BCUT2D eigenvalue weighted by Gasteiger charge is 2.40. The number of hydrogen-bond donors (Lipinski definition) is 2. The lowest BCUT2D eigenvalue weighted by Gasteiger charge is -2.36. The van der Waals surface area contributed by atoms with Crippen LogP contribution in [0.5, 0.6) is 0 Å². The molecule has 1 aliphatic carbocycles. The third-order valence-corrected chi connectivity index (χ3v) is 12.4. The Morgan fingerprint density at radius 3 is 2.46 bits per heavy atom. The molecule has 3 aliphatic heterocycles. The van der Waals surface area contributed by atoms with Crippen molar-refractivity contribution in [3.05, 3.63) is 75.3 Å². The Kier molecular flexibility index (Phi) is 10.3. The van der Waals surface area contributed by atoms with Crippen molar-refractivity contribution in [1.82, 2.24) is 34.6 Å². The monoisotopic (exact) mass is 777 g/mol. The van der Waals surface area contributed by atoms with Gasteiger partial charge in [0.2, 0.25) is 23.7 Å². The number of anilines is 3. The van der Waals surface area contributed by atoms with E-state index in [9.17, 15) is 28.8 Å². The van der Waals surface area contributed by atoms with Crippen molar-refractivity contribution in [3.8, 4) is 0 Å². The van der Waals surface area contributed by atoms with Crippen LogP contribution in [-0.4, -0.2) is 96.7 Å². The average molecular weight is 778 g/mol. The molecule has 2 saturated heterocycles. The molecule has 4 amide bonds. The Hall–Kier alpha value is -5.64. The molecular weight excluding hydrogens is 735 g/mol. The minimum Gasteiger partial charge on any atom is -0.367 e. The van der Waals surface area contributed by atoms with E-state index in [1.165, 1.54) is 18.7 Å². The molecular formula is C40H43N9O6S. The minimum absolute atomic E-state index is 0.0108. The van der Waals surface area contributed by atoms with E-state index in [0.717, 1.165) is 41.8 Å². The molecule has 3 fully saturated rings. The van der Waals surface area contributed by atoms with Gasteiger partial charge in [-0.3, -0.25) is 38.7 Å². The van der Waals surface area contributed by atoms with E-state index in [2.05, 4.69) is 25.5 Å². The molecule has 4 aromatic rings. The van der Waals surface area contributed by atoms with Gasteiger partial charge in [0.1, 0.15) is 17.5 Å². The Morgan fingerprint density at radius 1 is 0.964 bits per heavy atom. The van der Waals surface area contributed by atoms with Crippen molar-refractivity contribution in [2.45, 2.75) is 82.3 Å². The van der Waals surface area contributed by atoms with Gasteiger partial charge in [-0.25, -0.2) is 9.97 Å². The molecule has 16 heteroatoms. The van der Waals surface area contributed by atoms with Crippen LogP contribution >= 0.6 is 11.8 Å². The zero-order chi connectivity index (χ0) is 39.1. The number of hydrogen-bond acceptors (Lipinski definition) is 12. The highest BCUT2D eigenvalue weighted by atomic mass is 32.2. The SMILES string of the molecule is CC(=O)c1c(C)c2cnc(Nc3ccc(N4CCN(C(=O)CCSc5cccc6c5CN(C5CCC(=O)NC5=O)C6=O)CC4)cn3)nc2n(C2CCCC2)c1=O. The third kappa shape index (κ3) is 7.13. The van der Waals surface area contributed by atoms with E-state index in [1.807, 2.05) is 29.2 Å². The predicted octanol–water partition coefficient (Wildman–Crippen LogP) is 4.15. The van der Waals surface area contributed by atoms with Crippen molar-refractivity contribution >= 4 is 69.7 Å². The number of Topliss-reactive ketones (excluding diaryl/α,β-unsaturated/α-hetero) is 1. The highest BCUT2D eigenvalue weighted by molar-refractivity contribution is 7.99. The Bertz CT molecular complexity index is 2320. The molecule has 1 aromatic carbocycles. The number of rotatable bonds is 10. The summed E-state index contributed by atoms with van der Waals surface area (Å²) in [5, 5.41) is 6.20. The number of carbonyl (C=O) groups excluding carboxylic acids is 5. The van der Waals surface area contributed by atoms with E-state index >= 15 is 0 Å². The second-order valence-electron chi connectivity index (χ2n) is 14.8. The molecule has 2 N–H and O–H groups in total. The molecule has 8 rings (SSSR count). The quantitative estimate of drug-likeness (QED) is 0.134. The van der Waals surface area contributed by atoms with Crippen molar-refractivity contribution in [1.29, 1.82) is 0 Å². The number of imide groups is 1. The van der Waals surface area contributed by atoms with Gasteiger partial charge in [0.15, 0.2) is 5.78 Å². The van der Waals surface area contributed by atoms with Crippen LogP contribution in [0.1, 0.15) is 89.8 Å². The standard InChI is InChI=1S/C40H43N9O6S/c1-23-28-21-42-40(45-36(28)49(25-6-3-4-7-25)39(55)35(23)24(2)50)43-32-12-10-26(20-41-32)46-15-17-47(18-16-46)34(52)14-19-56-31-9-5-8-27-29(31)22-48(38(27)54)30-11-13-33(51)44-37(30)53/h5,8-10,12,20-21,25,30H,3-4,6-7,11,13-19,22H2,1-2H3,(H,44,51,53)(H,41,42,43,45). The van der Waals surface area contributed by atoms with Gasteiger partial charge in [-0.2, -0.15) is 4.98 Å². The molecule has 290 valence electrons. The molecule has 0 bridgehead atoms. The maximum Gasteiger partial charge on any atom is 0.263 e. The molecule has 0 radical (unpaired) electrons. The number of aromatic nitrogens is 4. The molecule has 1 saturated carbocycles. The first-order valence-electron chi connectivity index (χ1n) is 19.2. The number of pyridine rings is 2. The molecule has 15 nitrogen and oxygen atoms in total. The van der Waals surface area contributed by atoms with Crippen LogP contribution < -0.4 is 21.1 Å². The minimum atomic E-state index is -0.667. The fraction of sp³-hybridized carbons (Fsp3) is 0.425. The number of piperazine rings is 1. The van der Waals surface area contributed by atoms with Crippen molar-refractivity contribution in [2.75, 3.05) is 42.1 Å². The van der Waals surface area contributed by atoms with Crippen molar-refractivity contribution < 1.29 is 24.0 Å². The Balaban J connectivity index is 0.851. The number of benzene rings is 1. The number of aryl methyl sites for hydroxylation is 1. The molecule has 1 unspecified atom stereocenters. The maximum absolute atomic E-state index is 13.6. The molecule has 6 heterocycles. The lowest BCUT2D eigenvalue weighted by atomic mass is 10.0.